The minimum absolute atomic E-state index is 0.0383. The Hall–Kier alpha value is -2.18. The van der Waals surface area contributed by atoms with Gasteiger partial charge in [0.15, 0.2) is 11.6 Å². The van der Waals surface area contributed by atoms with Crippen LogP contribution in [-0.2, 0) is 4.79 Å². The number of carbonyl (C=O) groups excluding carboxylic acids is 2. The second-order valence-electron chi connectivity index (χ2n) is 4.68. The van der Waals surface area contributed by atoms with Gasteiger partial charge >= 0.3 is 0 Å². The van der Waals surface area contributed by atoms with Crippen molar-refractivity contribution in [1.29, 1.82) is 0 Å². The molecule has 1 saturated heterocycles. The molecular weight excluding hydrogens is 282 g/mol. The Morgan fingerprint density at radius 3 is 2.81 bits per heavy atom. The molecule has 2 amide bonds. The summed E-state index contributed by atoms with van der Waals surface area (Å²) in [4.78, 5) is 25.0. The Kier molecular flexibility index (Phi) is 4.72. The van der Waals surface area contributed by atoms with E-state index in [1.54, 1.807) is 4.90 Å². The van der Waals surface area contributed by atoms with Gasteiger partial charge in [0, 0.05) is 26.1 Å². The molecule has 0 atom stereocenters. The van der Waals surface area contributed by atoms with Crippen molar-refractivity contribution in [3.8, 4) is 5.75 Å². The van der Waals surface area contributed by atoms with Gasteiger partial charge in [-0.1, -0.05) is 0 Å². The van der Waals surface area contributed by atoms with Gasteiger partial charge in [0.2, 0.25) is 5.91 Å². The molecule has 0 aromatic heterocycles. The Labute approximate surface area is 120 Å². The van der Waals surface area contributed by atoms with Gasteiger partial charge in [-0.05, 0) is 18.6 Å². The van der Waals surface area contributed by atoms with E-state index in [0.29, 0.717) is 19.5 Å². The normalized spacial score (nSPS) is 14.4. The highest BCUT2D eigenvalue weighted by molar-refractivity contribution is 5.97. The van der Waals surface area contributed by atoms with Crippen molar-refractivity contribution in [3.05, 3.63) is 29.3 Å². The zero-order valence-corrected chi connectivity index (χ0v) is 11.6. The summed E-state index contributed by atoms with van der Waals surface area (Å²) in [5.41, 5.74) is -0.467. The number of hydrogen-bond acceptors (Lipinski definition) is 3. The van der Waals surface area contributed by atoms with E-state index in [0.717, 1.165) is 12.5 Å². The lowest BCUT2D eigenvalue weighted by Gasteiger charge is -2.16. The summed E-state index contributed by atoms with van der Waals surface area (Å²) in [5, 5.41) is 2.47. The summed E-state index contributed by atoms with van der Waals surface area (Å²) in [6.45, 7) is 1.18. The van der Waals surface area contributed by atoms with Crippen LogP contribution in [0.4, 0.5) is 8.78 Å². The molecule has 114 valence electrons. The molecular formula is C14H16F2N2O3. The van der Waals surface area contributed by atoms with E-state index in [2.05, 4.69) is 5.32 Å². The Balaban J connectivity index is 2.00. The number of hydrogen-bond donors (Lipinski definition) is 1. The van der Waals surface area contributed by atoms with Crippen molar-refractivity contribution in [2.75, 3.05) is 26.7 Å². The second-order valence-corrected chi connectivity index (χ2v) is 4.68. The highest BCUT2D eigenvalue weighted by Crippen LogP contribution is 2.23. The van der Waals surface area contributed by atoms with E-state index < -0.39 is 23.1 Å². The number of benzene rings is 1. The predicted octanol–water partition coefficient (Wildman–Crippen LogP) is 1.33. The van der Waals surface area contributed by atoms with Gasteiger partial charge in [-0.25, -0.2) is 8.78 Å². The molecule has 0 saturated carbocycles. The Morgan fingerprint density at radius 2 is 2.19 bits per heavy atom. The molecule has 21 heavy (non-hydrogen) atoms. The molecule has 1 aromatic rings. The maximum Gasteiger partial charge on any atom is 0.258 e. The van der Waals surface area contributed by atoms with Crippen LogP contribution >= 0.6 is 0 Å². The Morgan fingerprint density at radius 1 is 1.43 bits per heavy atom. The number of rotatable bonds is 5. The van der Waals surface area contributed by atoms with Crippen molar-refractivity contribution < 1.29 is 23.1 Å². The molecule has 1 aliphatic heterocycles. The fourth-order valence-corrected chi connectivity index (χ4v) is 2.25. The van der Waals surface area contributed by atoms with Crippen molar-refractivity contribution in [1.82, 2.24) is 10.2 Å². The average molecular weight is 298 g/mol. The first-order chi connectivity index (χ1) is 10.0. The second kappa shape index (κ2) is 6.51. The molecule has 1 aliphatic rings. The standard InChI is InChI=1S/C14H16F2N2O3/c1-21-10-5-4-9(15)13(16)12(10)14(20)17-6-8-18-7-2-3-11(18)19/h4-5H,2-3,6-8H2,1H3,(H,17,20). The first-order valence-corrected chi connectivity index (χ1v) is 6.62. The largest absolute Gasteiger partial charge is 0.496 e. The third-order valence-electron chi connectivity index (χ3n) is 3.34. The number of nitrogens with zero attached hydrogens (tertiary/aromatic N) is 1. The van der Waals surface area contributed by atoms with Crippen LogP contribution in [0.2, 0.25) is 0 Å². The average Bonchev–Trinajstić information content (AvgIpc) is 2.87. The summed E-state index contributed by atoms with van der Waals surface area (Å²) in [6, 6.07) is 2.09. The molecule has 0 aliphatic carbocycles. The monoisotopic (exact) mass is 298 g/mol. The van der Waals surface area contributed by atoms with E-state index in [1.165, 1.54) is 13.2 Å². The van der Waals surface area contributed by atoms with Crippen LogP contribution < -0.4 is 10.1 Å². The number of likely N-dealkylation sites (tertiary alicyclic amines) is 1. The molecule has 0 bridgehead atoms. The fraction of sp³-hybridized carbons (Fsp3) is 0.429. The molecule has 0 spiro atoms. The van der Waals surface area contributed by atoms with Crippen LogP contribution in [0.25, 0.3) is 0 Å². The summed E-state index contributed by atoms with van der Waals surface area (Å²) in [5.74, 6) is -3.13. The molecule has 1 heterocycles. The smallest absolute Gasteiger partial charge is 0.258 e. The number of methoxy groups -OCH3 is 1. The summed E-state index contributed by atoms with van der Waals surface area (Å²) in [6.07, 6.45) is 1.32. The van der Waals surface area contributed by atoms with Gasteiger partial charge in [-0.2, -0.15) is 0 Å². The molecule has 0 unspecified atom stereocenters. The van der Waals surface area contributed by atoms with Crippen molar-refractivity contribution >= 4 is 11.8 Å². The topological polar surface area (TPSA) is 58.6 Å². The number of carbonyl (C=O) groups is 2. The van der Waals surface area contributed by atoms with E-state index in [4.69, 9.17) is 4.74 Å². The number of halogens is 2. The molecule has 5 nitrogen and oxygen atoms in total. The van der Waals surface area contributed by atoms with Crippen molar-refractivity contribution in [2.45, 2.75) is 12.8 Å². The summed E-state index contributed by atoms with van der Waals surface area (Å²) >= 11 is 0. The maximum atomic E-state index is 13.7. The molecule has 1 fully saturated rings. The van der Waals surface area contributed by atoms with E-state index in [1.807, 2.05) is 0 Å². The molecule has 1 N–H and O–H groups in total. The van der Waals surface area contributed by atoms with Crippen LogP contribution in [-0.4, -0.2) is 43.5 Å². The van der Waals surface area contributed by atoms with Gasteiger partial charge in [-0.15, -0.1) is 0 Å². The van der Waals surface area contributed by atoms with E-state index >= 15 is 0 Å². The van der Waals surface area contributed by atoms with Gasteiger partial charge in [-0.3, -0.25) is 9.59 Å². The molecule has 1 aromatic carbocycles. The highest BCUT2D eigenvalue weighted by atomic mass is 19.2. The van der Waals surface area contributed by atoms with Crippen LogP contribution in [0.3, 0.4) is 0 Å². The number of amides is 2. The van der Waals surface area contributed by atoms with Gasteiger partial charge in [0.05, 0.1) is 7.11 Å². The SMILES string of the molecule is COc1ccc(F)c(F)c1C(=O)NCCN1CCCC1=O. The van der Waals surface area contributed by atoms with Crippen LogP contribution in [0.5, 0.6) is 5.75 Å². The van der Waals surface area contributed by atoms with Gasteiger partial charge in [0.1, 0.15) is 11.3 Å². The minimum Gasteiger partial charge on any atom is -0.496 e. The van der Waals surface area contributed by atoms with Crippen molar-refractivity contribution in [3.63, 3.8) is 0 Å². The lowest BCUT2D eigenvalue weighted by molar-refractivity contribution is -0.127. The lowest BCUT2D eigenvalue weighted by Crippen LogP contribution is -2.36. The van der Waals surface area contributed by atoms with Gasteiger partial charge in [0.25, 0.3) is 5.91 Å². The highest BCUT2D eigenvalue weighted by Gasteiger charge is 2.22. The zero-order valence-electron chi connectivity index (χ0n) is 11.6. The number of nitrogens with one attached hydrogen (secondary N) is 1. The summed E-state index contributed by atoms with van der Waals surface area (Å²) < 4.78 is 31.8. The molecule has 2 rings (SSSR count). The predicted molar refractivity (Wildman–Crippen MR) is 71.1 cm³/mol. The quantitative estimate of drug-likeness (QED) is 0.892. The summed E-state index contributed by atoms with van der Waals surface area (Å²) in [7, 11) is 1.27. The third-order valence-corrected chi connectivity index (χ3v) is 3.34. The maximum absolute atomic E-state index is 13.7. The first-order valence-electron chi connectivity index (χ1n) is 6.62. The van der Waals surface area contributed by atoms with Crippen LogP contribution in [0.1, 0.15) is 23.2 Å². The van der Waals surface area contributed by atoms with Crippen LogP contribution in [0, 0.1) is 11.6 Å². The number of ether oxygens (including phenoxy) is 1. The molecule has 7 heteroatoms. The zero-order chi connectivity index (χ0) is 15.4. The minimum atomic E-state index is -1.25. The third kappa shape index (κ3) is 3.29. The fourth-order valence-electron chi connectivity index (χ4n) is 2.25. The van der Waals surface area contributed by atoms with Crippen LogP contribution in [0.15, 0.2) is 12.1 Å². The lowest BCUT2D eigenvalue weighted by atomic mass is 10.1. The van der Waals surface area contributed by atoms with Crippen molar-refractivity contribution in [2.24, 2.45) is 0 Å². The Bertz CT molecular complexity index is 563. The van der Waals surface area contributed by atoms with E-state index in [9.17, 15) is 18.4 Å². The molecule has 0 radical (unpaired) electrons. The first kappa shape index (κ1) is 15.2. The van der Waals surface area contributed by atoms with Gasteiger partial charge < -0.3 is 15.0 Å². The van der Waals surface area contributed by atoms with E-state index in [-0.39, 0.29) is 18.2 Å².